The third kappa shape index (κ3) is 3.84. The largest absolute Gasteiger partial charge is 0.488 e. The van der Waals surface area contributed by atoms with Gasteiger partial charge in [0.2, 0.25) is 0 Å². The molecule has 142 valence electrons. The number of amides is 1. The molecule has 5 heteroatoms. The molecule has 2 fully saturated rings. The summed E-state index contributed by atoms with van der Waals surface area (Å²) >= 11 is 0. The molecule has 0 radical (unpaired) electrons. The van der Waals surface area contributed by atoms with Crippen LogP contribution in [0.25, 0.3) is 0 Å². The summed E-state index contributed by atoms with van der Waals surface area (Å²) in [6.07, 6.45) is -0.241. The van der Waals surface area contributed by atoms with Crippen LogP contribution >= 0.6 is 0 Å². The minimum atomic E-state index is -0.678. The summed E-state index contributed by atoms with van der Waals surface area (Å²) < 4.78 is 5.93. The van der Waals surface area contributed by atoms with Gasteiger partial charge in [-0.05, 0) is 42.4 Å². The summed E-state index contributed by atoms with van der Waals surface area (Å²) in [5.74, 6) is 1.05. The number of fused-ring (bicyclic) bond motifs is 1. The van der Waals surface area contributed by atoms with Crippen molar-refractivity contribution in [2.45, 2.75) is 31.7 Å². The van der Waals surface area contributed by atoms with Gasteiger partial charge in [0.15, 0.2) is 0 Å². The normalized spacial score (nSPS) is 27.3. The van der Waals surface area contributed by atoms with Gasteiger partial charge >= 0.3 is 0 Å². The highest BCUT2D eigenvalue weighted by Crippen LogP contribution is 2.37. The number of likely N-dealkylation sites (tertiary alicyclic amines) is 1. The van der Waals surface area contributed by atoms with Gasteiger partial charge in [-0.1, -0.05) is 42.5 Å². The fourth-order valence-corrected chi connectivity index (χ4v) is 4.25. The van der Waals surface area contributed by atoms with Crippen LogP contribution in [-0.2, 0) is 6.61 Å². The Hall–Kier alpha value is -2.37. The average molecular weight is 367 g/mol. The van der Waals surface area contributed by atoms with Crippen molar-refractivity contribution in [1.82, 2.24) is 4.90 Å². The molecule has 1 aliphatic carbocycles. The standard InChI is InChI=1S/C22H25NO4/c24-19-10-16-12-23(13-17(16)11-20(19)25)22(26)18-8-4-5-9-21(18)27-14-15-6-2-1-3-7-15/h1-9,16-17,19-20,24-25H,10-14H2/t16-,17+,19-,20-/m0/s1. The van der Waals surface area contributed by atoms with E-state index in [9.17, 15) is 15.0 Å². The minimum absolute atomic E-state index is 0.0444. The molecule has 1 heterocycles. The van der Waals surface area contributed by atoms with Crippen molar-refractivity contribution >= 4 is 5.91 Å². The van der Waals surface area contributed by atoms with Crippen LogP contribution in [-0.4, -0.2) is 46.3 Å². The predicted octanol–water partition coefficient (Wildman–Crippen LogP) is 2.47. The van der Waals surface area contributed by atoms with E-state index in [4.69, 9.17) is 4.74 Å². The molecule has 0 bridgehead atoms. The van der Waals surface area contributed by atoms with E-state index in [2.05, 4.69) is 0 Å². The van der Waals surface area contributed by atoms with Gasteiger partial charge in [0.05, 0.1) is 17.8 Å². The predicted molar refractivity (Wildman–Crippen MR) is 101 cm³/mol. The Labute approximate surface area is 159 Å². The van der Waals surface area contributed by atoms with E-state index in [1.807, 2.05) is 53.4 Å². The number of aliphatic hydroxyl groups excluding tert-OH is 2. The molecule has 1 aliphatic heterocycles. The van der Waals surface area contributed by atoms with Crippen LogP contribution in [0.3, 0.4) is 0 Å². The third-order valence-corrected chi connectivity index (χ3v) is 5.75. The van der Waals surface area contributed by atoms with Crippen LogP contribution in [0.1, 0.15) is 28.8 Å². The number of aliphatic hydroxyl groups is 2. The van der Waals surface area contributed by atoms with Crippen molar-refractivity contribution in [1.29, 1.82) is 0 Å². The Morgan fingerprint density at radius 2 is 1.52 bits per heavy atom. The summed E-state index contributed by atoms with van der Waals surface area (Å²) in [7, 11) is 0. The number of ether oxygens (including phenoxy) is 1. The van der Waals surface area contributed by atoms with E-state index in [-0.39, 0.29) is 17.7 Å². The molecule has 1 saturated carbocycles. The fourth-order valence-electron chi connectivity index (χ4n) is 4.25. The minimum Gasteiger partial charge on any atom is -0.488 e. The number of carbonyl (C=O) groups excluding carboxylic acids is 1. The molecule has 5 nitrogen and oxygen atoms in total. The van der Waals surface area contributed by atoms with Crippen LogP contribution in [0.4, 0.5) is 0 Å². The molecule has 4 atom stereocenters. The Bertz CT molecular complexity index is 776. The summed E-state index contributed by atoms with van der Waals surface area (Å²) in [5, 5.41) is 19.8. The second-order valence-corrected chi connectivity index (χ2v) is 7.61. The van der Waals surface area contributed by atoms with Crippen molar-refractivity contribution in [3.63, 3.8) is 0 Å². The average Bonchev–Trinajstić information content (AvgIpc) is 3.10. The van der Waals surface area contributed by atoms with Gasteiger partial charge in [-0.2, -0.15) is 0 Å². The van der Waals surface area contributed by atoms with Crippen LogP contribution in [0.2, 0.25) is 0 Å². The van der Waals surface area contributed by atoms with Crippen molar-refractivity contribution in [3.8, 4) is 5.75 Å². The Morgan fingerprint density at radius 1 is 0.926 bits per heavy atom. The molecule has 1 saturated heterocycles. The monoisotopic (exact) mass is 367 g/mol. The molecule has 0 unspecified atom stereocenters. The zero-order valence-corrected chi connectivity index (χ0v) is 15.2. The Kier molecular flexibility index (Phi) is 5.14. The molecular weight excluding hydrogens is 342 g/mol. The second kappa shape index (κ2) is 7.71. The highest BCUT2D eigenvalue weighted by atomic mass is 16.5. The summed E-state index contributed by atoms with van der Waals surface area (Å²) in [6, 6.07) is 17.2. The first-order valence-electron chi connectivity index (χ1n) is 9.53. The maximum atomic E-state index is 13.1. The van der Waals surface area contributed by atoms with Gasteiger partial charge in [0.1, 0.15) is 12.4 Å². The molecule has 2 aromatic carbocycles. The lowest BCUT2D eigenvalue weighted by molar-refractivity contribution is -0.0372. The first-order chi connectivity index (χ1) is 13.1. The van der Waals surface area contributed by atoms with Crippen molar-refractivity contribution in [2.24, 2.45) is 11.8 Å². The van der Waals surface area contributed by atoms with Crippen LogP contribution in [0.5, 0.6) is 5.75 Å². The molecule has 2 aliphatic rings. The summed E-state index contributed by atoms with van der Waals surface area (Å²) in [4.78, 5) is 14.9. The van der Waals surface area contributed by atoms with Crippen molar-refractivity contribution < 1.29 is 19.7 Å². The van der Waals surface area contributed by atoms with E-state index >= 15 is 0 Å². The smallest absolute Gasteiger partial charge is 0.257 e. The molecule has 2 aromatic rings. The topological polar surface area (TPSA) is 70.0 Å². The number of nitrogens with zero attached hydrogens (tertiary/aromatic N) is 1. The van der Waals surface area contributed by atoms with E-state index in [0.717, 1.165) is 5.56 Å². The Balaban J connectivity index is 1.46. The third-order valence-electron chi connectivity index (χ3n) is 5.75. The van der Waals surface area contributed by atoms with Gasteiger partial charge < -0.3 is 19.8 Å². The number of hydrogen-bond donors (Lipinski definition) is 2. The maximum Gasteiger partial charge on any atom is 0.257 e. The molecule has 0 aromatic heterocycles. The van der Waals surface area contributed by atoms with Crippen molar-refractivity contribution in [2.75, 3.05) is 13.1 Å². The summed E-state index contributed by atoms with van der Waals surface area (Å²) in [6.45, 7) is 1.66. The number of para-hydroxylation sites is 1. The molecule has 0 spiro atoms. The lowest BCUT2D eigenvalue weighted by Gasteiger charge is -2.31. The van der Waals surface area contributed by atoms with Gasteiger partial charge in [0, 0.05) is 13.1 Å². The second-order valence-electron chi connectivity index (χ2n) is 7.61. The Morgan fingerprint density at radius 3 is 2.19 bits per heavy atom. The zero-order valence-electron chi connectivity index (χ0n) is 15.2. The highest BCUT2D eigenvalue weighted by molar-refractivity contribution is 5.97. The SMILES string of the molecule is O=C(c1ccccc1OCc1ccccc1)N1C[C@H]2C[C@H](O)[C@@H](O)C[C@H]2C1. The van der Waals surface area contributed by atoms with Crippen LogP contribution in [0, 0.1) is 11.8 Å². The van der Waals surface area contributed by atoms with E-state index in [1.54, 1.807) is 6.07 Å². The first-order valence-corrected chi connectivity index (χ1v) is 9.53. The summed E-state index contributed by atoms with van der Waals surface area (Å²) in [5.41, 5.74) is 1.61. The molecule has 27 heavy (non-hydrogen) atoms. The molecular formula is C22H25NO4. The zero-order chi connectivity index (χ0) is 18.8. The number of rotatable bonds is 4. The molecule has 1 amide bonds. The van der Waals surface area contributed by atoms with Gasteiger partial charge in [-0.15, -0.1) is 0 Å². The number of carbonyl (C=O) groups is 1. The first kappa shape index (κ1) is 18.0. The van der Waals surface area contributed by atoms with Gasteiger partial charge in [-0.3, -0.25) is 4.79 Å². The molecule has 4 rings (SSSR count). The van der Waals surface area contributed by atoms with Gasteiger partial charge in [0.25, 0.3) is 5.91 Å². The maximum absolute atomic E-state index is 13.1. The van der Waals surface area contributed by atoms with Crippen LogP contribution in [0.15, 0.2) is 54.6 Å². The number of hydrogen-bond acceptors (Lipinski definition) is 4. The number of benzene rings is 2. The lowest BCUT2D eigenvalue weighted by atomic mass is 9.79. The highest BCUT2D eigenvalue weighted by Gasteiger charge is 2.42. The quantitative estimate of drug-likeness (QED) is 0.871. The van der Waals surface area contributed by atoms with E-state index < -0.39 is 12.2 Å². The van der Waals surface area contributed by atoms with Gasteiger partial charge in [-0.25, -0.2) is 0 Å². The fraction of sp³-hybridized carbons (Fsp3) is 0.409. The van der Waals surface area contributed by atoms with E-state index in [0.29, 0.717) is 43.9 Å². The molecule has 2 N–H and O–H groups in total. The van der Waals surface area contributed by atoms with Crippen molar-refractivity contribution in [3.05, 3.63) is 65.7 Å². The van der Waals surface area contributed by atoms with Crippen LogP contribution < -0.4 is 4.74 Å². The lowest BCUT2D eigenvalue weighted by Crippen LogP contribution is -2.38. The van der Waals surface area contributed by atoms with E-state index in [1.165, 1.54) is 0 Å².